The zero-order chi connectivity index (χ0) is 24.4. The van der Waals surface area contributed by atoms with Crippen LogP contribution in [0.2, 0.25) is 0 Å². The van der Waals surface area contributed by atoms with Crippen molar-refractivity contribution in [2.24, 2.45) is 13.0 Å². The van der Waals surface area contributed by atoms with E-state index in [1.54, 1.807) is 11.6 Å². The Labute approximate surface area is 197 Å². The number of aryl methyl sites for hydroxylation is 2. The number of aromatic nitrogens is 3. The maximum Gasteiger partial charge on any atom is 0.323 e. The number of imidazole rings is 1. The lowest BCUT2D eigenvalue weighted by Gasteiger charge is -2.29. The Balaban J connectivity index is 1.67. The van der Waals surface area contributed by atoms with Crippen LogP contribution >= 0.6 is 0 Å². The molecule has 2 aromatic heterocycles. The van der Waals surface area contributed by atoms with Crippen molar-refractivity contribution >= 4 is 17.0 Å². The smallest absolute Gasteiger partial charge is 0.323 e. The number of nitrogens with zero attached hydrogens (tertiary/aromatic N) is 2. The van der Waals surface area contributed by atoms with Crippen LogP contribution in [-0.4, -0.2) is 56.1 Å². The highest BCUT2D eigenvalue weighted by Crippen LogP contribution is 2.37. The van der Waals surface area contributed by atoms with Crippen LogP contribution in [0.3, 0.4) is 0 Å². The van der Waals surface area contributed by atoms with E-state index in [4.69, 9.17) is 9.72 Å². The first-order chi connectivity index (χ1) is 16.2. The SMILES string of the molecule is Cc1cc(C(c2nc3ccc(CN[C@H](C(=O)O)[C@@H](C)O)cc3[nH]2)C2CCOCC2)cn(C)c1=O. The normalized spacial score (nSPS) is 17.5. The van der Waals surface area contributed by atoms with Crippen molar-refractivity contribution in [2.75, 3.05) is 13.2 Å². The zero-order valence-corrected chi connectivity index (χ0v) is 19.7. The number of benzene rings is 1. The number of fused-ring (bicyclic) bond motifs is 1. The Morgan fingerprint density at radius 1 is 1.32 bits per heavy atom. The summed E-state index contributed by atoms with van der Waals surface area (Å²) in [6, 6.07) is 6.69. The third kappa shape index (κ3) is 5.06. The maximum absolute atomic E-state index is 12.3. The minimum atomic E-state index is -1.09. The molecule has 1 aliphatic rings. The highest BCUT2D eigenvalue weighted by atomic mass is 16.5. The van der Waals surface area contributed by atoms with Gasteiger partial charge in [-0.25, -0.2) is 4.98 Å². The van der Waals surface area contributed by atoms with Crippen molar-refractivity contribution in [3.05, 3.63) is 63.3 Å². The summed E-state index contributed by atoms with van der Waals surface area (Å²) in [6.45, 7) is 5.00. The van der Waals surface area contributed by atoms with Gasteiger partial charge in [-0.05, 0) is 61.9 Å². The monoisotopic (exact) mass is 468 g/mol. The third-order valence-electron chi connectivity index (χ3n) is 6.61. The molecule has 1 aliphatic heterocycles. The standard InChI is InChI=1S/C25H32N4O5/c1-14-10-18(13-29(3)24(14)31)21(17-6-8-34-9-7-17)23-27-19-5-4-16(11-20(19)28-23)12-26-22(15(2)30)25(32)33/h4-5,10-11,13,15,17,21-22,26,30H,6-9,12H2,1-3H3,(H,27,28)(H,32,33)/t15-,21?,22+/m1/s1. The minimum Gasteiger partial charge on any atom is -0.480 e. The van der Waals surface area contributed by atoms with Gasteiger partial charge in [0.2, 0.25) is 0 Å². The Morgan fingerprint density at radius 3 is 2.71 bits per heavy atom. The molecule has 9 heteroatoms. The van der Waals surface area contributed by atoms with Crippen LogP contribution < -0.4 is 10.9 Å². The van der Waals surface area contributed by atoms with E-state index in [0.29, 0.717) is 31.2 Å². The predicted molar refractivity (Wildman–Crippen MR) is 128 cm³/mol. The second kappa shape index (κ2) is 10.1. The first kappa shape index (κ1) is 24.1. The molecule has 1 unspecified atom stereocenters. The van der Waals surface area contributed by atoms with Crippen molar-refractivity contribution in [2.45, 2.75) is 51.3 Å². The molecule has 0 amide bonds. The molecule has 0 saturated carbocycles. The number of pyridine rings is 1. The number of nitrogens with one attached hydrogen (secondary N) is 2. The fourth-order valence-electron chi connectivity index (χ4n) is 4.81. The number of carbonyl (C=O) groups is 1. The molecule has 0 bridgehead atoms. The molecule has 0 spiro atoms. The van der Waals surface area contributed by atoms with E-state index >= 15 is 0 Å². The van der Waals surface area contributed by atoms with E-state index in [1.165, 1.54) is 6.92 Å². The van der Waals surface area contributed by atoms with E-state index in [0.717, 1.165) is 40.8 Å². The van der Waals surface area contributed by atoms with Crippen molar-refractivity contribution in [3.8, 4) is 0 Å². The Bertz CT molecular complexity index is 1200. The van der Waals surface area contributed by atoms with Gasteiger partial charge in [0.05, 0.1) is 17.1 Å². The summed E-state index contributed by atoms with van der Waals surface area (Å²) in [5, 5.41) is 21.9. The van der Waals surface area contributed by atoms with Crippen LogP contribution in [0.1, 0.15) is 48.2 Å². The highest BCUT2D eigenvalue weighted by Gasteiger charge is 2.30. The summed E-state index contributed by atoms with van der Waals surface area (Å²) in [4.78, 5) is 32.0. The third-order valence-corrected chi connectivity index (χ3v) is 6.61. The molecule has 1 saturated heterocycles. The summed E-state index contributed by atoms with van der Waals surface area (Å²) in [7, 11) is 1.77. The van der Waals surface area contributed by atoms with Gasteiger partial charge in [0.1, 0.15) is 11.9 Å². The number of ether oxygens (including phenoxy) is 1. The molecular weight excluding hydrogens is 436 g/mol. The topological polar surface area (TPSA) is 129 Å². The lowest BCUT2D eigenvalue weighted by atomic mass is 9.81. The second-order valence-corrected chi connectivity index (χ2v) is 9.21. The van der Waals surface area contributed by atoms with E-state index in [9.17, 15) is 19.8 Å². The molecule has 9 nitrogen and oxygen atoms in total. The number of aromatic amines is 1. The van der Waals surface area contributed by atoms with Gasteiger partial charge in [-0.1, -0.05) is 6.07 Å². The number of aliphatic hydroxyl groups is 1. The minimum absolute atomic E-state index is 0.00463. The van der Waals surface area contributed by atoms with Crippen molar-refractivity contribution < 1.29 is 19.7 Å². The molecule has 0 aliphatic carbocycles. The van der Waals surface area contributed by atoms with Crippen molar-refractivity contribution in [3.63, 3.8) is 0 Å². The van der Waals surface area contributed by atoms with Crippen LogP contribution in [0, 0.1) is 12.8 Å². The number of aliphatic carboxylic acids is 1. The van der Waals surface area contributed by atoms with Gasteiger partial charge < -0.3 is 24.5 Å². The number of H-pyrrole nitrogens is 1. The Morgan fingerprint density at radius 2 is 2.06 bits per heavy atom. The summed E-state index contributed by atoms with van der Waals surface area (Å²) >= 11 is 0. The lowest BCUT2D eigenvalue weighted by molar-refractivity contribution is -0.142. The molecular formula is C25H32N4O5. The molecule has 1 aromatic carbocycles. The molecule has 182 valence electrons. The molecule has 3 aromatic rings. The van der Waals surface area contributed by atoms with Gasteiger partial charge in [-0.15, -0.1) is 0 Å². The molecule has 34 heavy (non-hydrogen) atoms. The highest BCUT2D eigenvalue weighted by molar-refractivity contribution is 5.76. The lowest BCUT2D eigenvalue weighted by Crippen LogP contribution is -2.44. The van der Waals surface area contributed by atoms with Crippen molar-refractivity contribution in [1.29, 1.82) is 0 Å². The van der Waals surface area contributed by atoms with Gasteiger partial charge in [0.25, 0.3) is 5.56 Å². The molecule has 3 atom stereocenters. The van der Waals surface area contributed by atoms with E-state index in [2.05, 4.69) is 10.3 Å². The van der Waals surface area contributed by atoms with Crippen LogP contribution in [0.5, 0.6) is 0 Å². The summed E-state index contributed by atoms with van der Waals surface area (Å²) in [5.41, 5.74) is 4.31. The molecule has 3 heterocycles. The quantitative estimate of drug-likeness (QED) is 0.398. The average molecular weight is 469 g/mol. The maximum atomic E-state index is 12.3. The van der Waals surface area contributed by atoms with Gasteiger partial charge in [0.15, 0.2) is 0 Å². The van der Waals surface area contributed by atoms with Crippen LogP contribution in [0.15, 0.2) is 35.3 Å². The average Bonchev–Trinajstić information content (AvgIpc) is 3.20. The second-order valence-electron chi connectivity index (χ2n) is 9.21. The first-order valence-electron chi connectivity index (χ1n) is 11.6. The van der Waals surface area contributed by atoms with Gasteiger partial charge in [-0.2, -0.15) is 0 Å². The summed E-state index contributed by atoms with van der Waals surface area (Å²) in [5.74, 6) is 0.0777. The van der Waals surface area contributed by atoms with Gasteiger partial charge >= 0.3 is 5.97 Å². The molecule has 4 rings (SSSR count). The van der Waals surface area contributed by atoms with E-state index in [-0.39, 0.29) is 11.5 Å². The van der Waals surface area contributed by atoms with Gasteiger partial charge in [-0.3, -0.25) is 14.9 Å². The fraction of sp³-hybridized carbons (Fsp3) is 0.480. The number of carboxylic acids is 1. The molecule has 0 radical (unpaired) electrons. The predicted octanol–water partition coefficient (Wildman–Crippen LogP) is 2.05. The number of carboxylic acid groups (broad SMARTS) is 1. The van der Waals surface area contributed by atoms with Crippen LogP contribution in [0.4, 0.5) is 0 Å². The molecule has 4 N–H and O–H groups in total. The molecule has 1 fully saturated rings. The fourth-order valence-corrected chi connectivity index (χ4v) is 4.81. The van der Waals surface area contributed by atoms with Crippen LogP contribution in [-0.2, 0) is 23.1 Å². The Kier molecular flexibility index (Phi) is 7.16. The van der Waals surface area contributed by atoms with Crippen molar-refractivity contribution in [1.82, 2.24) is 19.9 Å². The number of rotatable bonds is 8. The summed E-state index contributed by atoms with van der Waals surface area (Å²) < 4.78 is 7.22. The zero-order valence-electron chi connectivity index (χ0n) is 19.7. The first-order valence-corrected chi connectivity index (χ1v) is 11.6. The number of hydrogen-bond acceptors (Lipinski definition) is 6. The van der Waals surface area contributed by atoms with Gasteiger partial charge in [0, 0.05) is 44.5 Å². The van der Waals surface area contributed by atoms with E-state index in [1.807, 2.05) is 37.4 Å². The number of aliphatic hydroxyl groups excluding tert-OH is 1. The summed E-state index contributed by atoms with van der Waals surface area (Å²) in [6.07, 6.45) is 2.72. The number of hydrogen-bond donors (Lipinski definition) is 4. The van der Waals surface area contributed by atoms with E-state index < -0.39 is 18.1 Å². The largest absolute Gasteiger partial charge is 0.480 e. The van der Waals surface area contributed by atoms with Crippen LogP contribution in [0.25, 0.3) is 11.0 Å². The Hall–Kier alpha value is -3.01.